The van der Waals surface area contributed by atoms with E-state index in [0.29, 0.717) is 32.1 Å². The molecule has 3 aromatic carbocycles. The highest BCUT2D eigenvalue weighted by molar-refractivity contribution is 6.42. The maximum atomic E-state index is 12.6. The summed E-state index contributed by atoms with van der Waals surface area (Å²) < 4.78 is 5.76. The number of para-hydroxylation sites is 1. The number of ether oxygens (including phenoxy) is 1. The average molecular weight is 486 g/mol. The van der Waals surface area contributed by atoms with Gasteiger partial charge >= 0.3 is 0 Å². The topological polar surface area (TPSA) is 62.1 Å². The second-order valence-corrected chi connectivity index (χ2v) is 8.08. The number of nitrogens with zero attached hydrogens (tertiary/aromatic N) is 1. The first kappa shape index (κ1) is 23.7. The molecule has 0 bridgehead atoms. The lowest BCUT2D eigenvalue weighted by molar-refractivity contribution is -0.112. The molecular formula is C25H19Cl3N2O2. The molecule has 0 atom stereocenters. The third kappa shape index (κ3) is 6.05. The number of aryl methyl sites for hydroxylation is 1. The maximum Gasteiger partial charge on any atom is 0.266 e. The Morgan fingerprint density at radius 2 is 1.81 bits per heavy atom. The Labute approximate surface area is 202 Å². The van der Waals surface area contributed by atoms with Gasteiger partial charge in [0.1, 0.15) is 24.0 Å². The number of carbonyl (C=O) groups is 1. The van der Waals surface area contributed by atoms with Crippen molar-refractivity contribution in [3.63, 3.8) is 0 Å². The van der Waals surface area contributed by atoms with Gasteiger partial charge in [-0.2, -0.15) is 5.26 Å². The number of anilines is 1. The zero-order valence-electron chi connectivity index (χ0n) is 17.2. The van der Waals surface area contributed by atoms with Crippen molar-refractivity contribution >= 4 is 52.5 Å². The standard InChI is InChI=1S/C25H19Cl3N2O2/c1-2-18-5-3-4-6-23(18)30-25(31)19(14-29)11-16-8-10-24(22(28)12-16)32-15-17-7-9-20(26)21(27)13-17/h3-13H,2,15H2,1H3,(H,30,31)/b19-11+. The number of hydrogen-bond acceptors (Lipinski definition) is 3. The van der Waals surface area contributed by atoms with Crippen molar-refractivity contribution in [3.8, 4) is 11.8 Å². The van der Waals surface area contributed by atoms with Gasteiger partial charge in [0, 0.05) is 5.69 Å². The number of hydrogen-bond donors (Lipinski definition) is 1. The highest BCUT2D eigenvalue weighted by Crippen LogP contribution is 2.29. The Bertz CT molecular complexity index is 1220. The SMILES string of the molecule is CCc1ccccc1NC(=O)/C(C#N)=C/c1ccc(OCc2ccc(Cl)c(Cl)c2)c(Cl)c1. The third-order valence-electron chi connectivity index (χ3n) is 4.66. The molecule has 0 aliphatic heterocycles. The molecule has 0 fully saturated rings. The van der Waals surface area contributed by atoms with Gasteiger partial charge in [-0.25, -0.2) is 0 Å². The van der Waals surface area contributed by atoms with E-state index in [1.807, 2.05) is 43.3 Å². The molecule has 0 saturated heterocycles. The maximum absolute atomic E-state index is 12.6. The molecule has 0 aromatic heterocycles. The summed E-state index contributed by atoms with van der Waals surface area (Å²) in [5.74, 6) is -0.0146. The van der Waals surface area contributed by atoms with Crippen molar-refractivity contribution in [2.24, 2.45) is 0 Å². The normalized spacial score (nSPS) is 11.0. The first-order chi connectivity index (χ1) is 15.4. The van der Waals surface area contributed by atoms with Crippen LogP contribution < -0.4 is 10.1 Å². The van der Waals surface area contributed by atoms with Gasteiger partial charge in [-0.1, -0.05) is 72.1 Å². The summed E-state index contributed by atoms with van der Waals surface area (Å²) in [5.41, 5.74) is 3.09. The van der Waals surface area contributed by atoms with E-state index in [1.165, 1.54) is 6.08 Å². The molecule has 1 amide bonds. The molecule has 3 rings (SSSR count). The van der Waals surface area contributed by atoms with Gasteiger partial charge in [-0.3, -0.25) is 4.79 Å². The summed E-state index contributed by atoms with van der Waals surface area (Å²) in [6, 6.07) is 19.7. The summed E-state index contributed by atoms with van der Waals surface area (Å²) >= 11 is 18.3. The molecule has 7 heteroatoms. The van der Waals surface area contributed by atoms with Crippen LogP contribution in [0.2, 0.25) is 15.1 Å². The van der Waals surface area contributed by atoms with Crippen LogP contribution >= 0.6 is 34.8 Å². The molecule has 0 unspecified atom stereocenters. The Kier molecular flexibility index (Phi) is 8.19. The van der Waals surface area contributed by atoms with Crippen molar-refractivity contribution in [2.75, 3.05) is 5.32 Å². The molecule has 0 radical (unpaired) electrons. The lowest BCUT2D eigenvalue weighted by Crippen LogP contribution is -2.14. The molecule has 0 aliphatic carbocycles. The Morgan fingerprint density at radius 3 is 2.50 bits per heavy atom. The molecule has 0 spiro atoms. The highest BCUT2D eigenvalue weighted by atomic mass is 35.5. The summed E-state index contributed by atoms with van der Waals surface area (Å²) in [4.78, 5) is 12.6. The molecule has 0 aliphatic rings. The van der Waals surface area contributed by atoms with Crippen molar-refractivity contribution in [1.82, 2.24) is 0 Å². The van der Waals surface area contributed by atoms with E-state index in [-0.39, 0.29) is 12.2 Å². The van der Waals surface area contributed by atoms with Gasteiger partial charge < -0.3 is 10.1 Å². The van der Waals surface area contributed by atoms with E-state index in [1.54, 1.807) is 30.3 Å². The first-order valence-corrected chi connectivity index (χ1v) is 10.9. The number of carbonyl (C=O) groups excluding carboxylic acids is 1. The lowest BCUT2D eigenvalue weighted by Gasteiger charge is -2.10. The highest BCUT2D eigenvalue weighted by Gasteiger charge is 2.12. The molecule has 0 saturated carbocycles. The lowest BCUT2D eigenvalue weighted by atomic mass is 10.1. The fraction of sp³-hybridized carbons (Fsp3) is 0.120. The largest absolute Gasteiger partial charge is 0.487 e. The predicted molar refractivity (Wildman–Crippen MR) is 130 cm³/mol. The van der Waals surface area contributed by atoms with Crippen LogP contribution in [0, 0.1) is 11.3 Å². The van der Waals surface area contributed by atoms with E-state index in [2.05, 4.69) is 5.32 Å². The molecule has 32 heavy (non-hydrogen) atoms. The van der Waals surface area contributed by atoms with Crippen LogP contribution in [-0.2, 0) is 17.8 Å². The van der Waals surface area contributed by atoms with Crippen molar-refractivity contribution in [2.45, 2.75) is 20.0 Å². The van der Waals surface area contributed by atoms with Gasteiger partial charge in [0.25, 0.3) is 5.91 Å². The Balaban J connectivity index is 1.72. The number of halogens is 3. The minimum atomic E-state index is -0.482. The quantitative estimate of drug-likeness (QED) is 0.281. The Morgan fingerprint density at radius 1 is 1.03 bits per heavy atom. The van der Waals surface area contributed by atoms with Gasteiger partial charge in [0.2, 0.25) is 0 Å². The van der Waals surface area contributed by atoms with Gasteiger partial charge in [0.05, 0.1) is 15.1 Å². The van der Waals surface area contributed by atoms with Gasteiger partial charge in [-0.15, -0.1) is 0 Å². The zero-order valence-corrected chi connectivity index (χ0v) is 19.4. The van der Waals surface area contributed by atoms with Crippen LogP contribution in [0.15, 0.2) is 66.2 Å². The first-order valence-electron chi connectivity index (χ1n) is 9.78. The number of nitriles is 1. The van der Waals surface area contributed by atoms with Crippen molar-refractivity contribution < 1.29 is 9.53 Å². The second-order valence-electron chi connectivity index (χ2n) is 6.86. The number of nitrogens with one attached hydrogen (secondary N) is 1. The molecule has 0 heterocycles. The van der Waals surface area contributed by atoms with Crippen molar-refractivity contribution in [1.29, 1.82) is 5.26 Å². The van der Waals surface area contributed by atoms with E-state index in [0.717, 1.165) is 17.5 Å². The van der Waals surface area contributed by atoms with Gasteiger partial charge in [0.15, 0.2) is 0 Å². The summed E-state index contributed by atoms with van der Waals surface area (Å²) in [5, 5.41) is 13.6. The smallest absolute Gasteiger partial charge is 0.266 e. The van der Waals surface area contributed by atoms with Crippen LogP contribution in [0.5, 0.6) is 5.75 Å². The average Bonchev–Trinajstić information content (AvgIpc) is 2.79. The number of amides is 1. The fourth-order valence-corrected chi connectivity index (χ4v) is 3.53. The van der Waals surface area contributed by atoms with E-state index < -0.39 is 5.91 Å². The van der Waals surface area contributed by atoms with E-state index in [4.69, 9.17) is 39.5 Å². The van der Waals surface area contributed by atoms with Crippen molar-refractivity contribution in [3.05, 3.63) is 98.0 Å². The summed E-state index contributed by atoms with van der Waals surface area (Å²) in [6.45, 7) is 2.26. The van der Waals surface area contributed by atoms with Crippen LogP contribution in [0.4, 0.5) is 5.69 Å². The zero-order chi connectivity index (χ0) is 23.1. The molecule has 1 N–H and O–H groups in total. The van der Waals surface area contributed by atoms with Gasteiger partial charge in [-0.05, 0) is 59.5 Å². The summed E-state index contributed by atoms with van der Waals surface area (Å²) in [6.07, 6.45) is 2.25. The minimum absolute atomic E-state index is 0.0311. The van der Waals surface area contributed by atoms with Crippen LogP contribution in [0.1, 0.15) is 23.6 Å². The fourth-order valence-electron chi connectivity index (χ4n) is 2.97. The van der Waals surface area contributed by atoms with Crippen LogP contribution in [0.3, 0.4) is 0 Å². The Hall–Kier alpha value is -2.97. The minimum Gasteiger partial charge on any atom is -0.487 e. The van der Waals surface area contributed by atoms with E-state index >= 15 is 0 Å². The van der Waals surface area contributed by atoms with Crippen LogP contribution in [-0.4, -0.2) is 5.91 Å². The monoisotopic (exact) mass is 484 g/mol. The molecule has 3 aromatic rings. The molecule has 162 valence electrons. The van der Waals surface area contributed by atoms with E-state index in [9.17, 15) is 10.1 Å². The number of benzene rings is 3. The van der Waals surface area contributed by atoms with Crippen LogP contribution in [0.25, 0.3) is 6.08 Å². The molecular weight excluding hydrogens is 467 g/mol. The third-order valence-corrected chi connectivity index (χ3v) is 5.69. The second kappa shape index (κ2) is 11.1. The number of rotatable bonds is 7. The summed E-state index contributed by atoms with van der Waals surface area (Å²) in [7, 11) is 0. The predicted octanol–water partition coefficient (Wildman–Crippen LogP) is 7.33. The molecule has 4 nitrogen and oxygen atoms in total.